The molecule has 0 radical (unpaired) electrons. The van der Waals surface area contributed by atoms with E-state index < -0.39 is 30.1 Å². The molecule has 4 N–H and O–H groups in total. The summed E-state index contributed by atoms with van der Waals surface area (Å²) in [6.07, 6.45) is -0.0572. The number of amides is 2. The average Bonchev–Trinajstić information content (AvgIpc) is 2.44. The van der Waals surface area contributed by atoms with Gasteiger partial charge in [0.15, 0.2) is 5.60 Å². The van der Waals surface area contributed by atoms with Crippen LogP contribution in [0.2, 0.25) is 0 Å². The van der Waals surface area contributed by atoms with E-state index in [1.165, 1.54) is 6.92 Å². The van der Waals surface area contributed by atoms with E-state index >= 15 is 0 Å². The summed E-state index contributed by atoms with van der Waals surface area (Å²) in [4.78, 5) is 34.1. The molecule has 0 saturated carbocycles. The fourth-order valence-electron chi connectivity index (χ4n) is 1.90. The molecule has 1 aromatic rings. The number of hydrogen-bond acceptors (Lipinski definition) is 4. The maximum Gasteiger partial charge on any atom is 0.337 e. The molecule has 0 aliphatic heterocycles. The SMILES string of the molecule is CC(=O)NC(CC(=O)NCC(C)(O)C(=O)O)c1ccc(C)cc1. The van der Waals surface area contributed by atoms with Gasteiger partial charge in [-0.25, -0.2) is 4.79 Å². The molecular weight excluding hydrogens is 300 g/mol. The van der Waals surface area contributed by atoms with Gasteiger partial charge < -0.3 is 20.8 Å². The number of carbonyl (C=O) groups excluding carboxylic acids is 2. The van der Waals surface area contributed by atoms with Crippen LogP contribution in [0.15, 0.2) is 24.3 Å². The zero-order chi connectivity index (χ0) is 17.6. The largest absolute Gasteiger partial charge is 0.479 e. The highest BCUT2D eigenvalue weighted by atomic mass is 16.4. The molecule has 7 heteroatoms. The third-order valence-electron chi connectivity index (χ3n) is 3.34. The van der Waals surface area contributed by atoms with Crippen molar-refractivity contribution >= 4 is 17.8 Å². The number of aliphatic carboxylic acids is 1. The minimum absolute atomic E-state index is 0.0572. The van der Waals surface area contributed by atoms with Gasteiger partial charge in [-0.3, -0.25) is 9.59 Å². The third-order valence-corrected chi connectivity index (χ3v) is 3.34. The van der Waals surface area contributed by atoms with Gasteiger partial charge in [-0.1, -0.05) is 29.8 Å². The predicted molar refractivity (Wildman–Crippen MR) is 83.6 cm³/mol. The summed E-state index contributed by atoms with van der Waals surface area (Å²) >= 11 is 0. The number of carboxylic acids is 1. The summed E-state index contributed by atoms with van der Waals surface area (Å²) in [6.45, 7) is 3.97. The van der Waals surface area contributed by atoms with Gasteiger partial charge in [0.2, 0.25) is 11.8 Å². The lowest BCUT2D eigenvalue weighted by atomic mass is 10.0. The highest BCUT2D eigenvalue weighted by Crippen LogP contribution is 2.17. The van der Waals surface area contributed by atoms with Crippen LogP contribution < -0.4 is 10.6 Å². The van der Waals surface area contributed by atoms with Gasteiger partial charge in [-0.05, 0) is 19.4 Å². The van der Waals surface area contributed by atoms with Crippen LogP contribution in [0.5, 0.6) is 0 Å². The lowest BCUT2D eigenvalue weighted by Gasteiger charge is -2.21. The van der Waals surface area contributed by atoms with E-state index in [1.807, 2.05) is 31.2 Å². The van der Waals surface area contributed by atoms with Crippen molar-refractivity contribution in [2.24, 2.45) is 0 Å². The molecule has 2 unspecified atom stereocenters. The van der Waals surface area contributed by atoms with Crippen LogP contribution in [-0.2, 0) is 14.4 Å². The number of nitrogens with one attached hydrogen (secondary N) is 2. The van der Waals surface area contributed by atoms with Gasteiger partial charge >= 0.3 is 5.97 Å². The zero-order valence-electron chi connectivity index (χ0n) is 13.4. The van der Waals surface area contributed by atoms with Gasteiger partial charge in [-0.15, -0.1) is 0 Å². The molecule has 0 saturated heterocycles. The first kappa shape index (κ1) is 18.6. The van der Waals surface area contributed by atoms with E-state index in [2.05, 4.69) is 10.6 Å². The minimum Gasteiger partial charge on any atom is -0.479 e. The Morgan fingerprint density at radius 3 is 2.26 bits per heavy atom. The van der Waals surface area contributed by atoms with Crippen LogP contribution >= 0.6 is 0 Å². The fraction of sp³-hybridized carbons (Fsp3) is 0.438. The Morgan fingerprint density at radius 1 is 1.22 bits per heavy atom. The lowest BCUT2D eigenvalue weighted by Crippen LogP contribution is -2.47. The topological polar surface area (TPSA) is 116 Å². The summed E-state index contributed by atoms with van der Waals surface area (Å²) in [7, 11) is 0. The van der Waals surface area contributed by atoms with Crippen LogP contribution in [0.4, 0.5) is 0 Å². The van der Waals surface area contributed by atoms with Crippen molar-refractivity contribution in [3.63, 3.8) is 0 Å². The Balaban J connectivity index is 2.74. The van der Waals surface area contributed by atoms with Crippen molar-refractivity contribution in [1.82, 2.24) is 10.6 Å². The van der Waals surface area contributed by atoms with Crippen molar-refractivity contribution in [2.75, 3.05) is 6.54 Å². The smallest absolute Gasteiger partial charge is 0.337 e. The predicted octanol–water partition coefficient (Wildman–Crippen LogP) is 0.514. The number of carbonyl (C=O) groups is 3. The van der Waals surface area contributed by atoms with E-state index in [4.69, 9.17) is 5.11 Å². The van der Waals surface area contributed by atoms with Crippen LogP contribution in [-0.4, -0.2) is 40.1 Å². The molecule has 0 aromatic heterocycles. The summed E-state index contributed by atoms with van der Waals surface area (Å²) in [6, 6.07) is 6.85. The second-order valence-corrected chi connectivity index (χ2v) is 5.72. The molecule has 2 amide bonds. The van der Waals surface area contributed by atoms with Crippen molar-refractivity contribution in [3.8, 4) is 0 Å². The molecule has 0 fully saturated rings. The third kappa shape index (κ3) is 6.07. The summed E-state index contributed by atoms with van der Waals surface area (Å²) in [5.41, 5.74) is -0.216. The van der Waals surface area contributed by atoms with E-state index in [0.29, 0.717) is 0 Å². The van der Waals surface area contributed by atoms with Crippen molar-refractivity contribution in [2.45, 2.75) is 38.8 Å². The number of benzene rings is 1. The van der Waals surface area contributed by atoms with Gasteiger partial charge in [0.25, 0.3) is 0 Å². The Bertz CT molecular complexity index is 581. The Hall–Kier alpha value is -2.41. The Kier molecular flexibility index (Phi) is 6.27. The minimum atomic E-state index is -2.04. The molecule has 0 heterocycles. The maximum absolute atomic E-state index is 12.0. The van der Waals surface area contributed by atoms with E-state index in [-0.39, 0.29) is 12.3 Å². The summed E-state index contributed by atoms with van der Waals surface area (Å²) in [5, 5.41) is 23.4. The molecule has 1 rings (SSSR count). The van der Waals surface area contributed by atoms with Crippen LogP contribution in [0.3, 0.4) is 0 Å². The highest BCUT2D eigenvalue weighted by molar-refractivity contribution is 5.81. The molecule has 1 aromatic carbocycles. The first-order chi connectivity index (χ1) is 10.6. The number of rotatable bonds is 7. The second-order valence-electron chi connectivity index (χ2n) is 5.72. The number of hydrogen-bond donors (Lipinski definition) is 4. The van der Waals surface area contributed by atoms with Crippen molar-refractivity contribution < 1.29 is 24.6 Å². The fourth-order valence-corrected chi connectivity index (χ4v) is 1.90. The van der Waals surface area contributed by atoms with E-state index in [0.717, 1.165) is 18.1 Å². The molecule has 0 spiro atoms. The number of aryl methyl sites for hydroxylation is 1. The maximum atomic E-state index is 12.0. The quantitative estimate of drug-likeness (QED) is 0.584. The molecule has 0 aliphatic carbocycles. The molecule has 0 bridgehead atoms. The average molecular weight is 322 g/mol. The zero-order valence-corrected chi connectivity index (χ0v) is 13.4. The van der Waals surface area contributed by atoms with Crippen LogP contribution in [0.25, 0.3) is 0 Å². The number of carboxylic acid groups (broad SMARTS) is 1. The van der Waals surface area contributed by atoms with Gasteiger partial charge in [-0.2, -0.15) is 0 Å². The van der Waals surface area contributed by atoms with Crippen molar-refractivity contribution in [1.29, 1.82) is 0 Å². The van der Waals surface area contributed by atoms with Crippen LogP contribution in [0, 0.1) is 6.92 Å². The summed E-state index contributed by atoms with van der Waals surface area (Å²) in [5.74, 6) is -2.17. The van der Waals surface area contributed by atoms with E-state index in [9.17, 15) is 19.5 Å². The van der Waals surface area contributed by atoms with Gasteiger partial charge in [0.1, 0.15) is 0 Å². The molecular formula is C16H22N2O5. The lowest BCUT2D eigenvalue weighted by molar-refractivity contribution is -0.156. The molecule has 23 heavy (non-hydrogen) atoms. The second kappa shape index (κ2) is 7.73. The van der Waals surface area contributed by atoms with Gasteiger partial charge in [0.05, 0.1) is 19.0 Å². The summed E-state index contributed by atoms with van der Waals surface area (Å²) < 4.78 is 0. The van der Waals surface area contributed by atoms with Crippen LogP contribution in [0.1, 0.15) is 37.4 Å². The first-order valence-electron chi connectivity index (χ1n) is 7.18. The Labute approximate surface area is 134 Å². The Morgan fingerprint density at radius 2 is 1.78 bits per heavy atom. The molecule has 7 nitrogen and oxygen atoms in total. The molecule has 2 atom stereocenters. The van der Waals surface area contributed by atoms with Crippen molar-refractivity contribution in [3.05, 3.63) is 35.4 Å². The molecule has 0 aliphatic rings. The standard InChI is InChI=1S/C16H22N2O5/c1-10-4-6-12(7-5-10)13(18-11(2)19)8-14(20)17-9-16(3,23)15(21)22/h4-7,13,23H,8-9H2,1-3H3,(H,17,20)(H,18,19)(H,21,22). The normalized spacial score (nSPS) is 14.4. The first-order valence-corrected chi connectivity index (χ1v) is 7.18. The van der Waals surface area contributed by atoms with Gasteiger partial charge in [0, 0.05) is 6.92 Å². The highest BCUT2D eigenvalue weighted by Gasteiger charge is 2.30. The molecule has 126 valence electrons. The monoisotopic (exact) mass is 322 g/mol. The number of aliphatic hydroxyl groups is 1. The van der Waals surface area contributed by atoms with E-state index in [1.54, 1.807) is 0 Å².